The Balaban J connectivity index is 1.94. The Hall–Kier alpha value is -0.800. The first kappa shape index (κ1) is 12.7. The monoisotopic (exact) mass is 236 g/mol. The van der Waals surface area contributed by atoms with Crippen molar-refractivity contribution in [2.75, 3.05) is 27.2 Å². The zero-order valence-electron chi connectivity index (χ0n) is 11.0. The van der Waals surface area contributed by atoms with Crippen molar-refractivity contribution < 1.29 is 4.42 Å². The first-order valence-corrected chi connectivity index (χ1v) is 6.62. The molecule has 1 atom stereocenters. The van der Waals surface area contributed by atoms with Gasteiger partial charge in [-0.1, -0.05) is 6.42 Å². The second-order valence-corrected chi connectivity index (χ2v) is 5.48. The molecule has 1 N–H and O–H groups in total. The number of piperidine rings is 1. The van der Waals surface area contributed by atoms with Gasteiger partial charge in [-0.25, -0.2) is 0 Å². The van der Waals surface area contributed by atoms with Crippen LogP contribution >= 0.6 is 0 Å². The van der Waals surface area contributed by atoms with E-state index in [1.165, 1.54) is 25.7 Å². The second kappa shape index (κ2) is 5.69. The molecular formula is C14H24N2O. The first-order valence-electron chi connectivity index (χ1n) is 6.62. The molecular weight excluding hydrogens is 212 g/mol. The third-order valence-corrected chi connectivity index (χ3v) is 3.63. The minimum Gasteiger partial charge on any atom is -0.469 e. The lowest BCUT2D eigenvalue weighted by atomic mass is 9.84. The fourth-order valence-corrected chi connectivity index (χ4v) is 2.88. The molecule has 0 spiro atoms. The van der Waals surface area contributed by atoms with Crippen molar-refractivity contribution >= 4 is 0 Å². The van der Waals surface area contributed by atoms with Gasteiger partial charge in [0, 0.05) is 18.5 Å². The Kier molecular flexibility index (Phi) is 4.24. The molecule has 17 heavy (non-hydrogen) atoms. The molecule has 0 aliphatic carbocycles. The summed E-state index contributed by atoms with van der Waals surface area (Å²) in [6.45, 7) is 2.28. The number of rotatable bonds is 5. The topological polar surface area (TPSA) is 28.4 Å². The van der Waals surface area contributed by atoms with E-state index >= 15 is 0 Å². The number of nitrogens with one attached hydrogen (secondary N) is 1. The number of hydrogen-bond acceptors (Lipinski definition) is 3. The summed E-state index contributed by atoms with van der Waals surface area (Å²) in [6, 6.07) is 4.05. The van der Waals surface area contributed by atoms with Crippen LogP contribution in [0, 0.1) is 0 Å². The predicted molar refractivity (Wildman–Crippen MR) is 70.2 cm³/mol. The van der Waals surface area contributed by atoms with Crippen LogP contribution in [0.1, 0.15) is 31.4 Å². The maximum atomic E-state index is 5.43. The second-order valence-electron chi connectivity index (χ2n) is 5.48. The molecule has 1 aromatic heterocycles. The largest absolute Gasteiger partial charge is 0.469 e. The summed E-state index contributed by atoms with van der Waals surface area (Å²) in [7, 11) is 4.32. The molecule has 2 rings (SSSR count). The van der Waals surface area contributed by atoms with E-state index in [2.05, 4.69) is 30.4 Å². The van der Waals surface area contributed by atoms with E-state index < -0.39 is 0 Å². The summed E-state index contributed by atoms with van der Waals surface area (Å²) >= 11 is 0. The van der Waals surface area contributed by atoms with Crippen LogP contribution in [0.15, 0.2) is 22.8 Å². The molecule has 1 aliphatic rings. The number of nitrogens with zero attached hydrogens (tertiary/aromatic N) is 1. The van der Waals surface area contributed by atoms with Crippen molar-refractivity contribution in [3.63, 3.8) is 0 Å². The molecule has 0 amide bonds. The van der Waals surface area contributed by atoms with Crippen LogP contribution in [0.5, 0.6) is 0 Å². The lowest BCUT2D eigenvalue weighted by Crippen LogP contribution is -2.54. The Bertz CT molecular complexity index is 313. The lowest BCUT2D eigenvalue weighted by molar-refractivity contribution is 0.175. The van der Waals surface area contributed by atoms with Gasteiger partial charge in [-0.3, -0.25) is 0 Å². The molecule has 0 saturated carbocycles. The number of likely N-dealkylation sites (N-methyl/N-ethyl adjacent to an activating group) is 1. The summed E-state index contributed by atoms with van der Waals surface area (Å²) in [4.78, 5) is 2.29. The molecule has 3 heteroatoms. The van der Waals surface area contributed by atoms with Crippen molar-refractivity contribution in [3.8, 4) is 0 Å². The van der Waals surface area contributed by atoms with Crippen LogP contribution in [0.25, 0.3) is 0 Å². The van der Waals surface area contributed by atoms with E-state index in [9.17, 15) is 0 Å². The third-order valence-electron chi connectivity index (χ3n) is 3.63. The Morgan fingerprint density at radius 2 is 2.29 bits per heavy atom. The molecule has 1 saturated heterocycles. The van der Waals surface area contributed by atoms with Gasteiger partial charge in [-0.2, -0.15) is 0 Å². The standard InChI is InChI=1S/C14H24N2O/c1-16(2)12-14(8-3-4-10-15-14)9-7-13-6-5-11-17-13/h5-6,11,15H,3-4,7-10,12H2,1-2H3. The Morgan fingerprint density at radius 3 is 2.88 bits per heavy atom. The van der Waals surface area contributed by atoms with Gasteiger partial charge in [0.05, 0.1) is 6.26 Å². The summed E-state index contributed by atoms with van der Waals surface area (Å²) in [6.07, 6.45) is 7.91. The highest BCUT2D eigenvalue weighted by Gasteiger charge is 2.31. The van der Waals surface area contributed by atoms with Crippen molar-refractivity contribution in [2.24, 2.45) is 0 Å². The van der Waals surface area contributed by atoms with Crippen LogP contribution in [0.4, 0.5) is 0 Å². The molecule has 3 nitrogen and oxygen atoms in total. The smallest absolute Gasteiger partial charge is 0.103 e. The van der Waals surface area contributed by atoms with Crippen molar-refractivity contribution in [2.45, 2.75) is 37.6 Å². The highest BCUT2D eigenvalue weighted by atomic mass is 16.3. The summed E-state index contributed by atoms with van der Waals surface area (Å²) in [5.41, 5.74) is 0.286. The molecule has 1 aromatic rings. The van der Waals surface area contributed by atoms with Gasteiger partial charge >= 0.3 is 0 Å². The lowest BCUT2D eigenvalue weighted by Gasteiger charge is -2.40. The third kappa shape index (κ3) is 3.58. The van der Waals surface area contributed by atoms with Gasteiger partial charge in [0.1, 0.15) is 5.76 Å². The Labute approximate surface area is 104 Å². The SMILES string of the molecule is CN(C)CC1(CCc2ccco2)CCCCN1. The van der Waals surface area contributed by atoms with Gasteiger partial charge in [0.15, 0.2) is 0 Å². The van der Waals surface area contributed by atoms with E-state index in [0.29, 0.717) is 0 Å². The summed E-state index contributed by atoms with van der Waals surface area (Å²) < 4.78 is 5.43. The molecule has 1 unspecified atom stereocenters. The summed E-state index contributed by atoms with van der Waals surface area (Å²) in [5, 5.41) is 3.74. The molecule has 0 radical (unpaired) electrons. The molecule has 1 aliphatic heterocycles. The van der Waals surface area contributed by atoms with Crippen molar-refractivity contribution in [1.82, 2.24) is 10.2 Å². The van der Waals surface area contributed by atoms with Crippen LogP contribution in [0.3, 0.4) is 0 Å². The molecule has 2 heterocycles. The van der Waals surface area contributed by atoms with Crippen LogP contribution < -0.4 is 5.32 Å². The van der Waals surface area contributed by atoms with E-state index in [1.807, 2.05) is 6.07 Å². The first-order chi connectivity index (χ1) is 8.20. The number of hydrogen-bond donors (Lipinski definition) is 1. The molecule has 1 fully saturated rings. The van der Waals surface area contributed by atoms with E-state index in [4.69, 9.17) is 4.42 Å². The van der Waals surface area contributed by atoms with Crippen molar-refractivity contribution in [1.29, 1.82) is 0 Å². The molecule has 0 aromatic carbocycles. The number of furan rings is 1. The average molecular weight is 236 g/mol. The normalized spacial score (nSPS) is 25.4. The maximum Gasteiger partial charge on any atom is 0.103 e. The van der Waals surface area contributed by atoms with Gasteiger partial charge in [-0.05, 0) is 52.0 Å². The quantitative estimate of drug-likeness (QED) is 0.850. The van der Waals surface area contributed by atoms with Gasteiger partial charge in [0.25, 0.3) is 0 Å². The van der Waals surface area contributed by atoms with Crippen LogP contribution in [-0.2, 0) is 6.42 Å². The minimum atomic E-state index is 0.286. The fraction of sp³-hybridized carbons (Fsp3) is 0.714. The predicted octanol–water partition coefficient (Wildman–Crippen LogP) is 2.29. The Morgan fingerprint density at radius 1 is 1.41 bits per heavy atom. The highest BCUT2D eigenvalue weighted by Crippen LogP contribution is 2.25. The van der Waals surface area contributed by atoms with E-state index in [-0.39, 0.29) is 5.54 Å². The summed E-state index contributed by atoms with van der Waals surface area (Å²) in [5.74, 6) is 1.11. The van der Waals surface area contributed by atoms with E-state index in [0.717, 1.165) is 25.3 Å². The van der Waals surface area contributed by atoms with Crippen LogP contribution in [0.2, 0.25) is 0 Å². The van der Waals surface area contributed by atoms with E-state index in [1.54, 1.807) is 6.26 Å². The minimum absolute atomic E-state index is 0.286. The zero-order chi connectivity index (χ0) is 12.1. The van der Waals surface area contributed by atoms with Gasteiger partial charge in [0.2, 0.25) is 0 Å². The average Bonchev–Trinajstić information content (AvgIpc) is 2.80. The maximum absolute atomic E-state index is 5.43. The fourth-order valence-electron chi connectivity index (χ4n) is 2.88. The zero-order valence-corrected chi connectivity index (χ0v) is 11.0. The van der Waals surface area contributed by atoms with Gasteiger partial charge < -0.3 is 14.6 Å². The highest BCUT2D eigenvalue weighted by molar-refractivity contribution is 5.02. The molecule has 0 bridgehead atoms. The molecule has 96 valence electrons. The number of aryl methyl sites for hydroxylation is 1. The van der Waals surface area contributed by atoms with Crippen molar-refractivity contribution in [3.05, 3.63) is 24.2 Å². The van der Waals surface area contributed by atoms with Crippen LogP contribution in [-0.4, -0.2) is 37.6 Å². The van der Waals surface area contributed by atoms with Gasteiger partial charge in [-0.15, -0.1) is 0 Å².